The van der Waals surface area contributed by atoms with Gasteiger partial charge in [-0.3, -0.25) is 4.90 Å². The van der Waals surface area contributed by atoms with Gasteiger partial charge in [0.15, 0.2) is 5.84 Å². The molecular formula is C15H22FN3O2. The Bertz CT molecular complexity index is 532. The largest absolute Gasteiger partial charge is 0.409 e. The number of nitrogens with two attached hydrogens (primary N) is 1. The van der Waals surface area contributed by atoms with Crippen LogP contribution >= 0.6 is 0 Å². The topological polar surface area (TPSA) is 82.1 Å². The maximum Gasteiger partial charge on any atom is 0.173 e. The number of likely N-dealkylation sites (tertiary alicyclic amines) is 1. The molecule has 1 saturated heterocycles. The Hall–Kier alpha value is -1.66. The van der Waals surface area contributed by atoms with Crippen LogP contribution in [0.1, 0.15) is 37.3 Å². The monoisotopic (exact) mass is 295 g/mol. The smallest absolute Gasteiger partial charge is 0.173 e. The van der Waals surface area contributed by atoms with Gasteiger partial charge in [-0.15, -0.1) is 0 Å². The van der Waals surface area contributed by atoms with Gasteiger partial charge in [0.1, 0.15) is 5.82 Å². The molecule has 1 aromatic carbocycles. The number of nitrogens with zero attached hydrogens (tertiary/aromatic N) is 2. The van der Waals surface area contributed by atoms with Crippen LogP contribution in [0.5, 0.6) is 0 Å². The summed E-state index contributed by atoms with van der Waals surface area (Å²) in [6.45, 7) is 3.84. The predicted octanol–water partition coefficient (Wildman–Crippen LogP) is 1.66. The molecule has 0 spiro atoms. The molecule has 0 aliphatic carbocycles. The van der Waals surface area contributed by atoms with E-state index in [1.807, 2.05) is 6.92 Å². The minimum absolute atomic E-state index is 0.108. The van der Waals surface area contributed by atoms with Gasteiger partial charge in [0.25, 0.3) is 0 Å². The van der Waals surface area contributed by atoms with Gasteiger partial charge in [-0.05, 0) is 38.8 Å². The molecule has 2 rings (SSSR count). The number of benzene rings is 1. The summed E-state index contributed by atoms with van der Waals surface area (Å²) < 4.78 is 14.4. The third kappa shape index (κ3) is 3.92. The standard InChI is InChI=1S/C15H22FN3O2/c1-15(20)6-3-8-19(9-7-15)10-11-4-2-5-12(13(11)16)14(17)18-21/h2,4-5,20-21H,3,6-10H2,1H3,(H2,17,18). The first-order valence-corrected chi connectivity index (χ1v) is 7.13. The second kappa shape index (κ2) is 6.41. The number of rotatable bonds is 3. The highest BCUT2D eigenvalue weighted by Gasteiger charge is 2.25. The molecule has 1 aliphatic rings. The van der Waals surface area contributed by atoms with Crippen LogP contribution in [0.15, 0.2) is 23.4 Å². The van der Waals surface area contributed by atoms with Crippen molar-refractivity contribution >= 4 is 5.84 Å². The first-order chi connectivity index (χ1) is 9.93. The lowest BCUT2D eigenvalue weighted by atomic mass is 9.98. The molecule has 1 atom stereocenters. The number of aliphatic hydroxyl groups is 1. The number of hydrogen-bond donors (Lipinski definition) is 3. The van der Waals surface area contributed by atoms with E-state index in [4.69, 9.17) is 10.9 Å². The highest BCUT2D eigenvalue weighted by molar-refractivity contribution is 5.97. The molecule has 5 nitrogen and oxygen atoms in total. The fourth-order valence-electron chi connectivity index (χ4n) is 2.67. The Morgan fingerprint density at radius 3 is 2.90 bits per heavy atom. The Morgan fingerprint density at radius 1 is 1.43 bits per heavy atom. The minimum atomic E-state index is -0.636. The molecule has 1 heterocycles. The van der Waals surface area contributed by atoms with Gasteiger partial charge in [0.2, 0.25) is 0 Å². The second-order valence-electron chi connectivity index (χ2n) is 5.89. The van der Waals surface area contributed by atoms with Crippen molar-refractivity contribution < 1.29 is 14.7 Å². The number of hydrogen-bond acceptors (Lipinski definition) is 4. The van der Waals surface area contributed by atoms with Crippen molar-refractivity contribution in [1.29, 1.82) is 0 Å². The van der Waals surface area contributed by atoms with E-state index in [1.54, 1.807) is 12.1 Å². The zero-order valence-electron chi connectivity index (χ0n) is 12.2. The molecule has 0 aromatic heterocycles. The van der Waals surface area contributed by atoms with E-state index >= 15 is 0 Å². The highest BCUT2D eigenvalue weighted by atomic mass is 19.1. The summed E-state index contributed by atoms with van der Waals surface area (Å²) in [5, 5.41) is 21.6. The lowest BCUT2D eigenvalue weighted by Crippen LogP contribution is -2.28. The molecule has 0 saturated carbocycles. The molecule has 6 heteroatoms. The normalized spacial score (nSPS) is 24.8. The van der Waals surface area contributed by atoms with E-state index in [1.165, 1.54) is 6.07 Å². The summed E-state index contributed by atoms with van der Waals surface area (Å²) in [7, 11) is 0. The Labute approximate surface area is 123 Å². The molecular weight excluding hydrogens is 273 g/mol. The molecule has 0 bridgehead atoms. The van der Waals surface area contributed by atoms with Gasteiger partial charge in [-0.2, -0.15) is 0 Å². The molecule has 0 amide bonds. The molecule has 0 radical (unpaired) electrons. The van der Waals surface area contributed by atoms with Crippen LogP contribution in [-0.2, 0) is 6.54 Å². The maximum absolute atomic E-state index is 14.4. The van der Waals surface area contributed by atoms with Gasteiger partial charge in [0, 0.05) is 18.7 Å². The lowest BCUT2D eigenvalue weighted by molar-refractivity contribution is 0.0444. The van der Waals surface area contributed by atoms with Crippen LogP contribution in [-0.4, -0.2) is 39.7 Å². The first kappa shape index (κ1) is 15.7. The van der Waals surface area contributed by atoms with Crippen LogP contribution in [0.3, 0.4) is 0 Å². The summed E-state index contributed by atoms with van der Waals surface area (Å²) in [6.07, 6.45) is 2.32. The predicted molar refractivity (Wildman–Crippen MR) is 78.7 cm³/mol. The van der Waals surface area contributed by atoms with Crippen LogP contribution in [0.2, 0.25) is 0 Å². The third-order valence-electron chi connectivity index (χ3n) is 4.01. The summed E-state index contributed by atoms with van der Waals surface area (Å²) in [5.74, 6) is -0.683. The zero-order chi connectivity index (χ0) is 15.5. The molecule has 1 unspecified atom stereocenters. The molecule has 1 aliphatic heterocycles. The van der Waals surface area contributed by atoms with Crippen LogP contribution in [0.4, 0.5) is 4.39 Å². The van der Waals surface area contributed by atoms with Crippen LogP contribution < -0.4 is 5.73 Å². The molecule has 1 aromatic rings. The second-order valence-corrected chi connectivity index (χ2v) is 5.89. The zero-order valence-corrected chi connectivity index (χ0v) is 12.2. The third-order valence-corrected chi connectivity index (χ3v) is 4.01. The van der Waals surface area contributed by atoms with Gasteiger partial charge in [0.05, 0.1) is 11.2 Å². The van der Waals surface area contributed by atoms with Gasteiger partial charge in [-0.1, -0.05) is 17.3 Å². The Balaban J connectivity index is 2.13. The van der Waals surface area contributed by atoms with Crippen molar-refractivity contribution in [2.24, 2.45) is 10.9 Å². The molecule has 4 N–H and O–H groups in total. The quantitative estimate of drug-likeness (QED) is 0.343. The minimum Gasteiger partial charge on any atom is -0.409 e. The van der Waals surface area contributed by atoms with Gasteiger partial charge < -0.3 is 16.0 Å². The van der Waals surface area contributed by atoms with Gasteiger partial charge in [-0.25, -0.2) is 4.39 Å². The fourth-order valence-corrected chi connectivity index (χ4v) is 2.67. The fraction of sp³-hybridized carbons (Fsp3) is 0.533. The van der Waals surface area contributed by atoms with Gasteiger partial charge >= 0.3 is 0 Å². The molecule has 21 heavy (non-hydrogen) atoms. The van der Waals surface area contributed by atoms with Crippen LogP contribution in [0, 0.1) is 5.82 Å². The van der Waals surface area contributed by atoms with Crippen molar-refractivity contribution in [1.82, 2.24) is 4.90 Å². The number of halogens is 1. The summed E-state index contributed by atoms with van der Waals surface area (Å²) in [5.41, 5.74) is 5.46. The summed E-state index contributed by atoms with van der Waals surface area (Å²) in [4.78, 5) is 2.12. The maximum atomic E-state index is 14.4. The molecule has 1 fully saturated rings. The average Bonchev–Trinajstić information content (AvgIpc) is 2.61. The van der Waals surface area contributed by atoms with Crippen LogP contribution in [0.25, 0.3) is 0 Å². The van der Waals surface area contributed by atoms with Crippen molar-refractivity contribution in [3.05, 3.63) is 35.1 Å². The number of amidine groups is 1. The lowest BCUT2D eigenvalue weighted by Gasteiger charge is -2.22. The van der Waals surface area contributed by atoms with E-state index in [-0.39, 0.29) is 11.4 Å². The van der Waals surface area contributed by atoms with E-state index in [2.05, 4.69) is 10.1 Å². The molecule has 116 valence electrons. The SMILES string of the molecule is CC1(O)CCCN(Cc2cccc(/C(N)=N/O)c2F)CC1. The first-order valence-electron chi connectivity index (χ1n) is 7.13. The van der Waals surface area contributed by atoms with E-state index < -0.39 is 11.4 Å². The van der Waals surface area contributed by atoms with Crippen molar-refractivity contribution in [2.45, 2.75) is 38.3 Å². The van der Waals surface area contributed by atoms with Crippen molar-refractivity contribution in [2.75, 3.05) is 13.1 Å². The van der Waals surface area contributed by atoms with E-state index in [0.29, 0.717) is 18.5 Å². The van der Waals surface area contributed by atoms with E-state index in [9.17, 15) is 9.50 Å². The highest BCUT2D eigenvalue weighted by Crippen LogP contribution is 2.23. The summed E-state index contributed by atoms with van der Waals surface area (Å²) in [6, 6.07) is 4.88. The number of oxime groups is 1. The van der Waals surface area contributed by atoms with Crippen molar-refractivity contribution in [3.63, 3.8) is 0 Å². The summed E-state index contributed by atoms with van der Waals surface area (Å²) >= 11 is 0. The van der Waals surface area contributed by atoms with E-state index in [0.717, 1.165) is 25.9 Å². The Kier molecular flexibility index (Phi) is 4.80. The Morgan fingerprint density at radius 2 is 2.19 bits per heavy atom. The average molecular weight is 295 g/mol. The van der Waals surface area contributed by atoms with Crippen molar-refractivity contribution in [3.8, 4) is 0 Å².